The number of hydrogen-bond acceptors (Lipinski definition) is 5. The van der Waals surface area contributed by atoms with Crippen LogP contribution in [0.5, 0.6) is 5.75 Å². The fourth-order valence-corrected chi connectivity index (χ4v) is 4.16. The molecule has 4 aromatic rings. The first-order chi connectivity index (χ1) is 16.2. The number of likely N-dealkylation sites (tertiary alicyclic amines) is 1. The second-order valence-electron chi connectivity index (χ2n) is 7.96. The van der Waals surface area contributed by atoms with Crippen LogP contribution in [-0.4, -0.2) is 20.9 Å². The van der Waals surface area contributed by atoms with Crippen LogP contribution >= 0.6 is 11.6 Å². The zero-order valence-electron chi connectivity index (χ0n) is 17.9. The molecule has 1 fully saturated rings. The maximum absolute atomic E-state index is 12.5. The van der Waals surface area contributed by atoms with Crippen LogP contribution in [0.2, 0.25) is 5.02 Å². The number of carbonyl (C=O) groups excluding carboxylic acids is 1. The summed E-state index contributed by atoms with van der Waals surface area (Å²) in [6.07, 6.45) is 1.10. The SMILES string of the molecule is O=C1CCC(c2nc(-c3ccc(OCc4ccccc4)cc3)no2)N1Cc1cccc(Cl)c1. The maximum atomic E-state index is 12.5. The molecule has 0 N–H and O–H groups in total. The van der Waals surface area contributed by atoms with Crippen molar-refractivity contribution in [3.8, 4) is 17.1 Å². The number of aromatic nitrogens is 2. The summed E-state index contributed by atoms with van der Waals surface area (Å²) in [4.78, 5) is 18.9. The number of ether oxygens (including phenoxy) is 1. The summed E-state index contributed by atoms with van der Waals surface area (Å²) in [5.41, 5.74) is 2.90. The van der Waals surface area contributed by atoms with Gasteiger partial charge in [0.2, 0.25) is 17.6 Å². The minimum absolute atomic E-state index is 0.0691. The molecule has 0 aliphatic carbocycles. The van der Waals surface area contributed by atoms with Crippen LogP contribution in [0.1, 0.15) is 35.9 Å². The summed E-state index contributed by atoms with van der Waals surface area (Å²) in [6, 6.07) is 24.9. The van der Waals surface area contributed by atoms with E-state index in [1.165, 1.54) is 0 Å². The predicted octanol–water partition coefficient (Wildman–Crippen LogP) is 5.83. The van der Waals surface area contributed by atoms with Gasteiger partial charge >= 0.3 is 0 Å². The molecular formula is C26H22ClN3O3. The molecule has 1 atom stereocenters. The lowest BCUT2D eigenvalue weighted by atomic mass is 10.1. The standard InChI is InChI=1S/C26H22ClN3O3/c27-21-8-4-7-19(15-21)16-30-23(13-14-24(30)31)26-28-25(29-33-26)20-9-11-22(12-10-20)32-17-18-5-2-1-3-6-18/h1-12,15,23H,13-14,16-17H2. The Kier molecular flexibility index (Phi) is 6.09. The molecule has 1 amide bonds. The fourth-order valence-electron chi connectivity index (χ4n) is 3.95. The van der Waals surface area contributed by atoms with Crippen LogP contribution in [0.3, 0.4) is 0 Å². The molecule has 6 nitrogen and oxygen atoms in total. The minimum atomic E-state index is -0.244. The van der Waals surface area contributed by atoms with Crippen molar-refractivity contribution >= 4 is 17.5 Å². The second kappa shape index (κ2) is 9.46. The lowest BCUT2D eigenvalue weighted by Crippen LogP contribution is -2.27. The third-order valence-corrected chi connectivity index (χ3v) is 5.89. The lowest BCUT2D eigenvalue weighted by molar-refractivity contribution is -0.129. The van der Waals surface area contributed by atoms with Gasteiger partial charge in [0.05, 0.1) is 0 Å². The topological polar surface area (TPSA) is 68.5 Å². The Morgan fingerprint density at radius 2 is 1.79 bits per heavy atom. The van der Waals surface area contributed by atoms with Crippen LogP contribution in [0.4, 0.5) is 0 Å². The van der Waals surface area contributed by atoms with Crippen LogP contribution < -0.4 is 4.74 Å². The van der Waals surface area contributed by atoms with Crippen LogP contribution in [-0.2, 0) is 17.9 Å². The first-order valence-corrected chi connectivity index (χ1v) is 11.2. The van der Waals surface area contributed by atoms with Crippen LogP contribution in [0.15, 0.2) is 83.4 Å². The molecule has 33 heavy (non-hydrogen) atoms. The van der Waals surface area contributed by atoms with Crippen molar-refractivity contribution in [3.05, 3.63) is 101 Å². The van der Waals surface area contributed by atoms with E-state index in [1.807, 2.05) is 78.9 Å². The summed E-state index contributed by atoms with van der Waals surface area (Å²) in [7, 11) is 0. The van der Waals surface area contributed by atoms with Crippen molar-refractivity contribution in [2.45, 2.75) is 32.0 Å². The van der Waals surface area contributed by atoms with Gasteiger partial charge in [-0.2, -0.15) is 4.98 Å². The molecule has 1 saturated heterocycles. The Balaban J connectivity index is 1.27. The summed E-state index contributed by atoms with van der Waals surface area (Å²) in [5.74, 6) is 1.77. The number of amides is 1. The molecule has 5 rings (SSSR count). The van der Waals surface area contributed by atoms with Crippen molar-refractivity contribution in [1.82, 2.24) is 15.0 Å². The maximum Gasteiger partial charge on any atom is 0.249 e. The Morgan fingerprint density at radius 3 is 2.58 bits per heavy atom. The van der Waals surface area contributed by atoms with Gasteiger partial charge in [0, 0.05) is 23.6 Å². The smallest absolute Gasteiger partial charge is 0.249 e. The van der Waals surface area contributed by atoms with Crippen molar-refractivity contribution in [1.29, 1.82) is 0 Å². The van der Waals surface area contributed by atoms with Gasteiger partial charge in [-0.25, -0.2) is 0 Å². The average Bonchev–Trinajstić information content (AvgIpc) is 3.46. The lowest BCUT2D eigenvalue weighted by Gasteiger charge is -2.22. The molecule has 7 heteroatoms. The third-order valence-electron chi connectivity index (χ3n) is 5.66. The molecule has 2 heterocycles. The van der Waals surface area contributed by atoms with Gasteiger partial charge in [0.1, 0.15) is 18.4 Å². The molecule has 1 aromatic heterocycles. The number of hydrogen-bond donors (Lipinski definition) is 0. The molecule has 0 saturated carbocycles. The summed E-state index contributed by atoms with van der Waals surface area (Å²) in [6.45, 7) is 0.958. The Bertz CT molecular complexity index is 1240. The highest BCUT2D eigenvalue weighted by atomic mass is 35.5. The van der Waals surface area contributed by atoms with E-state index in [0.717, 1.165) is 22.4 Å². The third kappa shape index (κ3) is 4.91. The summed E-state index contributed by atoms with van der Waals surface area (Å²) in [5, 5.41) is 4.79. The highest BCUT2D eigenvalue weighted by Gasteiger charge is 2.36. The summed E-state index contributed by atoms with van der Waals surface area (Å²) < 4.78 is 11.4. The Labute approximate surface area is 196 Å². The number of nitrogens with zero attached hydrogens (tertiary/aromatic N) is 3. The van der Waals surface area contributed by atoms with Crippen molar-refractivity contribution in [2.24, 2.45) is 0 Å². The fraction of sp³-hybridized carbons (Fsp3) is 0.192. The Morgan fingerprint density at radius 1 is 1.00 bits per heavy atom. The number of carbonyl (C=O) groups is 1. The first kappa shape index (κ1) is 21.2. The van der Waals surface area contributed by atoms with Gasteiger partial charge in [-0.3, -0.25) is 4.79 Å². The summed E-state index contributed by atoms with van der Waals surface area (Å²) >= 11 is 6.10. The van der Waals surface area contributed by atoms with E-state index in [0.29, 0.717) is 42.7 Å². The average molecular weight is 460 g/mol. The van der Waals surface area contributed by atoms with Crippen molar-refractivity contribution < 1.29 is 14.1 Å². The molecule has 3 aromatic carbocycles. The monoisotopic (exact) mass is 459 g/mol. The normalized spacial score (nSPS) is 15.7. The van der Waals surface area contributed by atoms with E-state index in [4.69, 9.17) is 20.9 Å². The zero-order valence-corrected chi connectivity index (χ0v) is 18.6. The van der Waals surface area contributed by atoms with Gasteiger partial charge < -0.3 is 14.2 Å². The van der Waals surface area contributed by atoms with Gasteiger partial charge in [-0.1, -0.05) is 59.2 Å². The van der Waals surface area contributed by atoms with E-state index in [1.54, 1.807) is 4.90 Å². The largest absolute Gasteiger partial charge is 0.489 e. The van der Waals surface area contributed by atoms with Gasteiger partial charge in [0.25, 0.3) is 0 Å². The Hall–Kier alpha value is -3.64. The van der Waals surface area contributed by atoms with E-state index < -0.39 is 0 Å². The first-order valence-electron chi connectivity index (χ1n) is 10.8. The molecule has 0 radical (unpaired) electrons. The van der Waals surface area contributed by atoms with E-state index in [9.17, 15) is 4.79 Å². The van der Waals surface area contributed by atoms with E-state index in [2.05, 4.69) is 10.1 Å². The molecule has 0 bridgehead atoms. The van der Waals surface area contributed by atoms with E-state index in [-0.39, 0.29) is 11.9 Å². The second-order valence-corrected chi connectivity index (χ2v) is 8.40. The highest BCUT2D eigenvalue weighted by molar-refractivity contribution is 6.30. The molecule has 0 spiro atoms. The van der Waals surface area contributed by atoms with Gasteiger partial charge in [-0.05, 0) is 53.9 Å². The van der Waals surface area contributed by atoms with Crippen molar-refractivity contribution in [2.75, 3.05) is 0 Å². The minimum Gasteiger partial charge on any atom is -0.489 e. The number of rotatable bonds is 7. The highest BCUT2D eigenvalue weighted by Crippen LogP contribution is 2.34. The molecule has 1 aliphatic rings. The van der Waals surface area contributed by atoms with Gasteiger partial charge in [-0.15, -0.1) is 0 Å². The zero-order chi connectivity index (χ0) is 22.6. The van der Waals surface area contributed by atoms with Gasteiger partial charge in [0.15, 0.2) is 0 Å². The van der Waals surface area contributed by atoms with E-state index >= 15 is 0 Å². The number of halogens is 1. The predicted molar refractivity (Wildman–Crippen MR) is 124 cm³/mol. The quantitative estimate of drug-likeness (QED) is 0.347. The van der Waals surface area contributed by atoms with Crippen LogP contribution in [0, 0.1) is 0 Å². The van der Waals surface area contributed by atoms with Crippen LogP contribution in [0.25, 0.3) is 11.4 Å². The molecular weight excluding hydrogens is 438 g/mol. The number of benzene rings is 3. The molecule has 1 aliphatic heterocycles. The van der Waals surface area contributed by atoms with Crippen molar-refractivity contribution in [3.63, 3.8) is 0 Å². The molecule has 1 unspecified atom stereocenters. The molecule has 166 valence electrons.